The first-order valence-corrected chi connectivity index (χ1v) is 6.94. The zero-order valence-corrected chi connectivity index (χ0v) is 12.6. The molecule has 0 unspecified atom stereocenters. The van der Waals surface area contributed by atoms with Gasteiger partial charge in [0.1, 0.15) is 5.76 Å². The van der Waals surface area contributed by atoms with E-state index in [0.29, 0.717) is 20.9 Å². The molecule has 0 bridgehead atoms. The Labute approximate surface area is 124 Å². The van der Waals surface area contributed by atoms with Gasteiger partial charge >= 0.3 is 0 Å². The summed E-state index contributed by atoms with van der Waals surface area (Å²) in [6.45, 7) is 2.23. The highest BCUT2D eigenvalue weighted by molar-refractivity contribution is 9.10. The van der Waals surface area contributed by atoms with Crippen molar-refractivity contribution in [1.82, 2.24) is 10.3 Å². The van der Waals surface area contributed by atoms with Gasteiger partial charge in [-0.25, -0.2) is 4.98 Å². The molecule has 1 amide bonds. The Morgan fingerprint density at radius 1 is 1.53 bits per heavy atom. The van der Waals surface area contributed by atoms with Crippen molar-refractivity contribution in [2.24, 2.45) is 0 Å². The molecule has 0 aliphatic carbocycles. The standard InChI is InChI=1S/C13H12BrClN2O2/c1-2-9-6-16-12(19-9)7-17-13(18)10-5-8(15)3-4-11(10)14/h3-6H,2,7H2,1H3,(H,17,18). The van der Waals surface area contributed by atoms with Gasteiger partial charge in [0.2, 0.25) is 5.89 Å². The molecule has 0 saturated carbocycles. The van der Waals surface area contributed by atoms with Crippen LogP contribution in [-0.2, 0) is 13.0 Å². The largest absolute Gasteiger partial charge is 0.444 e. The molecule has 2 aromatic rings. The number of aryl methyl sites for hydroxylation is 1. The lowest BCUT2D eigenvalue weighted by atomic mass is 10.2. The fraction of sp³-hybridized carbons (Fsp3) is 0.231. The SMILES string of the molecule is CCc1cnc(CNC(=O)c2cc(Cl)ccc2Br)o1. The summed E-state index contributed by atoms with van der Waals surface area (Å²) in [6.07, 6.45) is 2.44. The lowest BCUT2D eigenvalue weighted by Gasteiger charge is -2.05. The summed E-state index contributed by atoms with van der Waals surface area (Å²) in [5.74, 6) is 1.06. The van der Waals surface area contributed by atoms with E-state index in [9.17, 15) is 4.79 Å². The molecule has 1 heterocycles. The molecule has 0 aliphatic rings. The van der Waals surface area contributed by atoms with E-state index in [1.54, 1.807) is 24.4 Å². The predicted molar refractivity (Wildman–Crippen MR) is 76.2 cm³/mol. The number of nitrogens with zero attached hydrogens (tertiary/aromatic N) is 1. The minimum absolute atomic E-state index is 0.231. The lowest BCUT2D eigenvalue weighted by molar-refractivity contribution is 0.0946. The van der Waals surface area contributed by atoms with E-state index < -0.39 is 0 Å². The van der Waals surface area contributed by atoms with E-state index in [4.69, 9.17) is 16.0 Å². The number of nitrogens with one attached hydrogen (secondary N) is 1. The topological polar surface area (TPSA) is 55.1 Å². The zero-order valence-electron chi connectivity index (χ0n) is 10.2. The number of hydrogen-bond donors (Lipinski definition) is 1. The first kappa shape index (κ1) is 14.1. The number of oxazole rings is 1. The third-order valence-electron chi connectivity index (χ3n) is 2.52. The Bertz CT molecular complexity index is 598. The van der Waals surface area contributed by atoms with Crippen LogP contribution in [0.1, 0.15) is 28.9 Å². The molecule has 0 atom stereocenters. The van der Waals surface area contributed by atoms with E-state index in [2.05, 4.69) is 26.2 Å². The van der Waals surface area contributed by atoms with Crippen LogP contribution in [0, 0.1) is 0 Å². The van der Waals surface area contributed by atoms with Crippen LogP contribution in [0.2, 0.25) is 5.02 Å². The third-order valence-corrected chi connectivity index (χ3v) is 3.45. The van der Waals surface area contributed by atoms with Crippen LogP contribution >= 0.6 is 27.5 Å². The number of carbonyl (C=O) groups is 1. The number of hydrogen-bond acceptors (Lipinski definition) is 3. The minimum Gasteiger partial charge on any atom is -0.444 e. The summed E-state index contributed by atoms with van der Waals surface area (Å²) in [5.41, 5.74) is 0.481. The first-order chi connectivity index (χ1) is 9.10. The van der Waals surface area contributed by atoms with Crippen molar-refractivity contribution in [1.29, 1.82) is 0 Å². The molecule has 100 valence electrons. The molecule has 0 fully saturated rings. The zero-order chi connectivity index (χ0) is 13.8. The summed E-state index contributed by atoms with van der Waals surface area (Å²) in [5, 5.41) is 3.25. The Hall–Kier alpha value is -1.33. The van der Waals surface area contributed by atoms with Crippen LogP contribution in [0.4, 0.5) is 0 Å². The van der Waals surface area contributed by atoms with E-state index in [-0.39, 0.29) is 12.5 Å². The molecule has 1 aromatic carbocycles. The number of rotatable bonds is 4. The smallest absolute Gasteiger partial charge is 0.252 e. The predicted octanol–water partition coefficient (Wildman–Crippen LogP) is 3.58. The molecule has 0 radical (unpaired) electrons. The highest BCUT2D eigenvalue weighted by Gasteiger charge is 2.11. The average Bonchev–Trinajstić information content (AvgIpc) is 2.87. The minimum atomic E-state index is -0.231. The number of carbonyl (C=O) groups excluding carboxylic acids is 1. The third kappa shape index (κ3) is 3.58. The summed E-state index contributed by atoms with van der Waals surface area (Å²) >= 11 is 9.18. The van der Waals surface area contributed by atoms with Crippen molar-refractivity contribution < 1.29 is 9.21 Å². The number of benzene rings is 1. The van der Waals surface area contributed by atoms with Crippen molar-refractivity contribution in [2.75, 3.05) is 0 Å². The van der Waals surface area contributed by atoms with Crippen LogP contribution in [0.15, 0.2) is 33.3 Å². The quantitative estimate of drug-likeness (QED) is 0.923. The van der Waals surface area contributed by atoms with Crippen LogP contribution < -0.4 is 5.32 Å². The summed E-state index contributed by atoms with van der Waals surface area (Å²) in [6, 6.07) is 5.05. The maximum Gasteiger partial charge on any atom is 0.252 e. The van der Waals surface area contributed by atoms with Crippen LogP contribution in [0.3, 0.4) is 0 Å². The van der Waals surface area contributed by atoms with Gasteiger partial charge in [0.25, 0.3) is 5.91 Å². The summed E-state index contributed by atoms with van der Waals surface area (Å²) < 4.78 is 6.10. The molecule has 19 heavy (non-hydrogen) atoms. The van der Waals surface area contributed by atoms with Crippen molar-refractivity contribution in [3.8, 4) is 0 Å². The molecular formula is C13H12BrClN2O2. The highest BCUT2D eigenvalue weighted by Crippen LogP contribution is 2.21. The van der Waals surface area contributed by atoms with Gasteiger partial charge in [0.05, 0.1) is 18.3 Å². The molecule has 0 spiro atoms. The van der Waals surface area contributed by atoms with Gasteiger partial charge < -0.3 is 9.73 Å². The van der Waals surface area contributed by atoms with Crippen LogP contribution in [0.25, 0.3) is 0 Å². The van der Waals surface area contributed by atoms with Crippen molar-refractivity contribution in [2.45, 2.75) is 19.9 Å². The molecule has 2 rings (SSSR count). The Morgan fingerprint density at radius 3 is 3.00 bits per heavy atom. The molecule has 1 aromatic heterocycles. The lowest BCUT2D eigenvalue weighted by Crippen LogP contribution is -2.23. The maximum absolute atomic E-state index is 12.0. The van der Waals surface area contributed by atoms with Gasteiger partial charge in [-0.2, -0.15) is 0 Å². The first-order valence-electron chi connectivity index (χ1n) is 5.77. The van der Waals surface area contributed by atoms with E-state index in [1.165, 1.54) is 0 Å². The van der Waals surface area contributed by atoms with Crippen molar-refractivity contribution >= 4 is 33.4 Å². The fourth-order valence-electron chi connectivity index (χ4n) is 1.52. The van der Waals surface area contributed by atoms with E-state index in [0.717, 1.165) is 12.2 Å². The monoisotopic (exact) mass is 342 g/mol. The number of amides is 1. The van der Waals surface area contributed by atoms with Crippen LogP contribution in [0.5, 0.6) is 0 Å². The van der Waals surface area contributed by atoms with E-state index >= 15 is 0 Å². The Morgan fingerprint density at radius 2 is 2.32 bits per heavy atom. The second kappa shape index (κ2) is 6.21. The molecule has 4 nitrogen and oxygen atoms in total. The van der Waals surface area contributed by atoms with Crippen molar-refractivity contribution in [3.63, 3.8) is 0 Å². The average molecular weight is 344 g/mol. The maximum atomic E-state index is 12.0. The molecule has 6 heteroatoms. The van der Waals surface area contributed by atoms with Crippen molar-refractivity contribution in [3.05, 3.63) is 51.1 Å². The van der Waals surface area contributed by atoms with Gasteiger partial charge in [-0.3, -0.25) is 4.79 Å². The van der Waals surface area contributed by atoms with Gasteiger partial charge in [0, 0.05) is 15.9 Å². The highest BCUT2D eigenvalue weighted by atomic mass is 79.9. The Balaban J connectivity index is 2.03. The molecular weight excluding hydrogens is 332 g/mol. The molecule has 0 saturated heterocycles. The Kier molecular flexibility index (Phi) is 4.61. The van der Waals surface area contributed by atoms with Gasteiger partial charge in [-0.15, -0.1) is 0 Å². The molecule has 1 N–H and O–H groups in total. The second-order valence-electron chi connectivity index (χ2n) is 3.88. The fourth-order valence-corrected chi connectivity index (χ4v) is 2.11. The summed E-state index contributed by atoms with van der Waals surface area (Å²) in [7, 11) is 0. The normalized spacial score (nSPS) is 10.5. The van der Waals surface area contributed by atoms with Crippen LogP contribution in [-0.4, -0.2) is 10.9 Å². The van der Waals surface area contributed by atoms with E-state index in [1.807, 2.05) is 6.92 Å². The summed E-state index contributed by atoms with van der Waals surface area (Å²) in [4.78, 5) is 16.1. The number of aromatic nitrogens is 1. The van der Waals surface area contributed by atoms with Gasteiger partial charge in [0.15, 0.2) is 0 Å². The van der Waals surface area contributed by atoms with Gasteiger partial charge in [-0.1, -0.05) is 18.5 Å². The molecule has 0 aliphatic heterocycles. The second-order valence-corrected chi connectivity index (χ2v) is 5.17. The number of halogens is 2. The van der Waals surface area contributed by atoms with Gasteiger partial charge in [-0.05, 0) is 34.1 Å².